The molecule has 0 saturated carbocycles. The van der Waals surface area contributed by atoms with E-state index in [1.54, 1.807) is 23.5 Å². The Labute approximate surface area is 171 Å². The molecule has 0 aliphatic carbocycles. The van der Waals surface area contributed by atoms with Crippen LogP contribution in [-0.2, 0) is 11.3 Å². The third kappa shape index (κ3) is 3.91. The zero-order valence-electron chi connectivity index (χ0n) is 15.1. The minimum atomic E-state index is 0.380. The first-order valence-corrected chi connectivity index (χ1v) is 10.3. The molecule has 4 rings (SSSR count). The predicted molar refractivity (Wildman–Crippen MR) is 110 cm³/mol. The maximum absolute atomic E-state index is 6.31. The minimum absolute atomic E-state index is 0.380. The number of aryl methyl sites for hydroxylation is 2. The summed E-state index contributed by atoms with van der Waals surface area (Å²) in [7, 11) is 0. The Kier molecular flexibility index (Phi) is 5.53. The molecule has 1 fully saturated rings. The van der Waals surface area contributed by atoms with Gasteiger partial charge in [0.2, 0.25) is 5.88 Å². The second kappa shape index (κ2) is 7.89. The fraction of sp³-hybridized carbons (Fsp3) is 0.368. The highest BCUT2D eigenvalue weighted by molar-refractivity contribution is 7.18. The monoisotopic (exact) mass is 423 g/mol. The molecule has 0 bridgehead atoms. The Morgan fingerprint density at radius 3 is 2.74 bits per heavy atom. The number of nitrogens with zero attached hydrogens (tertiary/aromatic N) is 3. The van der Waals surface area contributed by atoms with Gasteiger partial charge in [0, 0.05) is 18.0 Å². The van der Waals surface area contributed by atoms with Crippen LogP contribution in [-0.4, -0.2) is 41.2 Å². The number of benzene rings is 1. The molecule has 1 aromatic carbocycles. The molecule has 5 nitrogen and oxygen atoms in total. The molecule has 3 heterocycles. The summed E-state index contributed by atoms with van der Waals surface area (Å²) < 4.78 is 11.5. The van der Waals surface area contributed by atoms with Crippen molar-refractivity contribution in [3.8, 4) is 11.6 Å². The van der Waals surface area contributed by atoms with Crippen LogP contribution in [0.5, 0.6) is 11.6 Å². The summed E-state index contributed by atoms with van der Waals surface area (Å²) in [6, 6.07) is 5.33. The number of rotatable bonds is 4. The van der Waals surface area contributed by atoms with Crippen molar-refractivity contribution < 1.29 is 9.47 Å². The maximum Gasteiger partial charge on any atom is 0.231 e. The summed E-state index contributed by atoms with van der Waals surface area (Å²) in [5, 5.41) is 1.76. The van der Waals surface area contributed by atoms with Gasteiger partial charge in [-0.05, 0) is 31.5 Å². The standard InChI is InChI=1S/C19H19Cl2N3O2S/c1-11-12(2)27-19-16(11)18(26-14-5-3-4-13(20)17(14)21)22-15(23-19)10-24-6-8-25-9-7-24/h3-5H,6-10H2,1-2H3. The summed E-state index contributed by atoms with van der Waals surface area (Å²) >= 11 is 14.1. The molecule has 2 aromatic heterocycles. The number of hydrogen-bond acceptors (Lipinski definition) is 6. The maximum atomic E-state index is 6.31. The Bertz CT molecular complexity index is 987. The van der Waals surface area contributed by atoms with Gasteiger partial charge in [0.15, 0.2) is 0 Å². The number of morpholine rings is 1. The van der Waals surface area contributed by atoms with Gasteiger partial charge in [-0.25, -0.2) is 4.98 Å². The summed E-state index contributed by atoms with van der Waals surface area (Å²) in [6.45, 7) is 8.03. The molecule has 0 amide bonds. The van der Waals surface area contributed by atoms with Crippen molar-refractivity contribution in [3.05, 3.63) is 44.5 Å². The van der Waals surface area contributed by atoms with Crippen molar-refractivity contribution in [3.63, 3.8) is 0 Å². The van der Waals surface area contributed by atoms with Crippen molar-refractivity contribution in [2.24, 2.45) is 0 Å². The Balaban J connectivity index is 1.75. The molecule has 0 N–H and O–H groups in total. The molecule has 8 heteroatoms. The van der Waals surface area contributed by atoms with Gasteiger partial charge in [-0.3, -0.25) is 4.90 Å². The van der Waals surface area contributed by atoms with E-state index in [9.17, 15) is 0 Å². The zero-order chi connectivity index (χ0) is 19.0. The number of ether oxygens (including phenoxy) is 2. The lowest BCUT2D eigenvalue weighted by atomic mass is 10.2. The summed E-state index contributed by atoms with van der Waals surface area (Å²) in [5.74, 6) is 1.75. The van der Waals surface area contributed by atoms with Gasteiger partial charge in [-0.2, -0.15) is 4.98 Å². The highest BCUT2D eigenvalue weighted by atomic mass is 35.5. The molecule has 0 radical (unpaired) electrons. The minimum Gasteiger partial charge on any atom is -0.437 e. The Hall–Kier alpha value is -1.44. The molecule has 0 unspecified atom stereocenters. The highest BCUT2D eigenvalue weighted by Crippen LogP contribution is 2.39. The summed E-state index contributed by atoms with van der Waals surface area (Å²) in [6.07, 6.45) is 0. The normalized spacial score (nSPS) is 15.4. The molecule has 1 aliphatic rings. The van der Waals surface area contributed by atoms with E-state index >= 15 is 0 Å². The lowest BCUT2D eigenvalue weighted by molar-refractivity contribution is 0.0330. The smallest absolute Gasteiger partial charge is 0.231 e. The quantitative estimate of drug-likeness (QED) is 0.573. The van der Waals surface area contributed by atoms with Crippen LogP contribution in [0.1, 0.15) is 16.3 Å². The first kappa shape index (κ1) is 18.9. The average molecular weight is 424 g/mol. The second-order valence-corrected chi connectivity index (χ2v) is 8.44. The van der Waals surface area contributed by atoms with Crippen molar-refractivity contribution in [1.82, 2.24) is 14.9 Å². The van der Waals surface area contributed by atoms with Gasteiger partial charge in [-0.15, -0.1) is 11.3 Å². The van der Waals surface area contributed by atoms with E-state index in [1.807, 2.05) is 6.07 Å². The lowest BCUT2D eigenvalue weighted by Gasteiger charge is -2.25. The molecular formula is C19H19Cl2N3O2S. The SMILES string of the molecule is Cc1sc2nc(CN3CCOCC3)nc(Oc3cccc(Cl)c3Cl)c2c1C. The number of thiophene rings is 1. The number of fused-ring (bicyclic) bond motifs is 1. The first-order valence-electron chi connectivity index (χ1n) is 8.71. The molecule has 1 saturated heterocycles. The largest absolute Gasteiger partial charge is 0.437 e. The number of aromatic nitrogens is 2. The van der Waals surface area contributed by atoms with Gasteiger partial charge in [0.05, 0.1) is 30.2 Å². The molecule has 0 spiro atoms. The first-order chi connectivity index (χ1) is 13.0. The fourth-order valence-corrected chi connectivity index (χ4v) is 4.39. The second-order valence-electron chi connectivity index (χ2n) is 6.45. The Morgan fingerprint density at radius 1 is 1.19 bits per heavy atom. The molecule has 1 aliphatic heterocycles. The van der Waals surface area contributed by atoms with E-state index in [0.29, 0.717) is 28.2 Å². The van der Waals surface area contributed by atoms with E-state index in [0.717, 1.165) is 47.9 Å². The van der Waals surface area contributed by atoms with Crippen LogP contribution in [0.3, 0.4) is 0 Å². The van der Waals surface area contributed by atoms with Gasteiger partial charge in [0.1, 0.15) is 21.4 Å². The van der Waals surface area contributed by atoms with Gasteiger partial charge >= 0.3 is 0 Å². The molecule has 3 aromatic rings. The van der Waals surface area contributed by atoms with Gasteiger partial charge in [-0.1, -0.05) is 29.3 Å². The van der Waals surface area contributed by atoms with Crippen LogP contribution in [0.4, 0.5) is 0 Å². The van der Waals surface area contributed by atoms with Crippen LogP contribution in [0, 0.1) is 13.8 Å². The van der Waals surface area contributed by atoms with Crippen LogP contribution < -0.4 is 4.74 Å². The van der Waals surface area contributed by atoms with Crippen molar-refractivity contribution >= 4 is 44.8 Å². The van der Waals surface area contributed by atoms with E-state index in [4.69, 9.17) is 42.6 Å². The Morgan fingerprint density at radius 2 is 1.96 bits per heavy atom. The molecule has 0 atom stereocenters. The van der Waals surface area contributed by atoms with Crippen LogP contribution in [0.25, 0.3) is 10.2 Å². The highest BCUT2D eigenvalue weighted by Gasteiger charge is 2.20. The van der Waals surface area contributed by atoms with Crippen LogP contribution in [0.2, 0.25) is 10.0 Å². The summed E-state index contributed by atoms with van der Waals surface area (Å²) in [4.78, 5) is 13.9. The fourth-order valence-electron chi connectivity index (χ4n) is 3.03. The average Bonchev–Trinajstić information content (AvgIpc) is 2.94. The third-order valence-corrected chi connectivity index (χ3v) is 6.54. The van der Waals surface area contributed by atoms with Gasteiger partial charge in [0.25, 0.3) is 0 Å². The van der Waals surface area contributed by atoms with Crippen LogP contribution >= 0.6 is 34.5 Å². The van der Waals surface area contributed by atoms with Crippen molar-refractivity contribution in [2.45, 2.75) is 20.4 Å². The number of hydrogen-bond donors (Lipinski definition) is 0. The summed E-state index contributed by atoms with van der Waals surface area (Å²) in [5.41, 5.74) is 1.13. The van der Waals surface area contributed by atoms with Crippen LogP contribution in [0.15, 0.2) is 18.2 Å². The van der Waals surface area contributed by atoms with Gasteiger partial charge < -0.3 is 9.47 Å². The molecule has 27 heavy (non-hydrogen) atoms. The third-order valence-electron chi connectivity index (χ3n) is 4.63. The zero-order valence-corrected chi connectivity index (χ0v) is 17.4. The van der Waals surface area contributed by atoms with E-state index in [2.05, 4.69) is 18.7 Å². The topological polar surface area (TPSA) is 47.5 Å². The molecule has 142 valence electrons. The predicted octanol–water partition coefficient (Wildman–Crippen LogP) is 5.24. The molecular weight excluding hydrogens is 405 g/mol. The number of halogens is 2. The van der Waals surface area contributed by atoms with Crippen molar-refractivity contribution in [1.29, 1.82) is 0 Å². The van der Waals surface area contributed by atoms with E-state index in [-0.39, 0.29) is 0 Å². The lowest BCUT2D eigenvalue weighted by Crippen LogP contribution is -2.36. The van der Waals surface area contributed by atoms with E-state index < -0.39 is 0 Å². The van der Waals surface area contributed by atoms with E-state index in [1.165, 1.54) is 4.88 Å². The van der Waals surface area contributed by atoms with Crippen molar-refractivity contribution in [2.75, 3.05) is 26.3 Å².